The Hall–Kier alpha value is -2.30. The van der Waals surface area contributed by atoms with Crippen LogP contribution >= 0.6 is 11.6 Å². The average Bonchev–Trinajstić information content (AvgIpc) is 2.72. The standard InChI is InChI=1S/C23H27ClN2O2/c1-4-26(5-2)14-13-25-21-16-23(17-7-9-18(24)10-8-17)28-22-12-11-19(27-6-3)15-20(21)22/h7-12,15-16H,4-6,13-14H2,1-3H3/p+1. The lowest BCUT2D eigenvalue weighted by molar-refractivity contribution is -0.894. The summed E-state index contributed by atoms with van der Waals surface area (Å²) in [5.74, 6) is 1.61. The lowest BCUT2D eigenvalue weighted by Crippen LogP contribution is -3.11. The van der Waals surface area contributed by atoms with Crippen LogP contribution < -0.4 is 15.0 Å². The molecular weight excluding hydrogens is 372 g/mol. The lowest BCUT2D eigenvalue weighted by Gasteiger charge is -2.13. The number of fused-ring (bicyclic) bond motifs is 1. The van der Waals surface area contributed by atoms with Crippen molar-refractivity contribution in [2.24, 2.45) is 4.99 Å². The molecule has 0 fully saturated rings. The molecule has 1 N–H and O–H groups in total. The fourth-order valence-electron chi connectivity index (χ4n) is 3.23. The van der Waals surface area contributed by atoms with E-state index in [4.69, 9.17) is 25.7 Å². The molecule has 5 heteroatoms. The molecule has 0 unspecified atom stereocenters. The quantitative estimate of drug-likeness (QED) is 0.622. The van der Waals surface area contributed by atoms with E-state index in [1.807, 2.05) is 55.5 Å². The summed E-state index contributed by atoms with van der Waals surface area (Å²) in [4.78, 5) is 6.46. The third-order valence-corrected chi connectivity index (χ3v) is 5.15. The molecule has 0 spiro atoms. The summed E-state index contributed by atoms with van der Waals surface area (Å²) >= 11 is 6.03. The topological polar surface area (TPSA) is 39.2 Å². The van der Waals surface area contributed by atoms with Crippen molar-refractivity contribution in [3.8, 4) is 17.1 Å². The Morgan fingerprint density at radius 2 is 1.75 bits per heavy atom. The fourth-order valence-corrected chi connectivity index (χ4v) is 3.36. The van der Waals surface area contributed by atoms with Crippen LogP contribution in [0.5, 0.6) is 5.75 Å². The molecule has 1 heterocycles. The van der Waals surface area contributed by atoms with Gasteiger partial charge in [0.15, 0.2) is 0 Å². The molecule has 0 amide bonds. The number of hydrogen-bond donors (Lipinski definition) is 1. The number of benzene rings is 2. The first-order chi connectivity index (χ1) is 13.6. The summed E-state index contributed by atoms with van der Waals surface area (Å²) in [7, 11) is 0. The van der Waals surface area contributed by atoms with Gasteiger partial charge in [-0.25, -0.2) is 0 Å². The van der Waals surface area contributed by atoms with Gasteiger partial charge in [0.1, 0.15) is 17.1 Å². The number of ether oxygens (including phenoxy) is 1. The highest BCUT2D eigenvalue weighted by molar-refractivity contribution is 6.30. The van der Waals surface area contributed by atoms with Gasteiger partial charge in [0.05, 0.1) is 38.1 Å². The summed E-state index contributed by atoms with van der Waals surface area (Å²) in [6.07, 6.45) is 0. The van der Waals surface area contributed by atoms with Gasteiger partial charge >= 0.3 is 0 Å². The number of likely N-dealkylation sites (N-methyl/N-ethyl adjacent to an activating group) is 1. The molecule has 2 aromatic carbocycles. The van der Waals surface area contributed by atoms with Crippen LogP contribution in [0, 0.1) is 0 Å². The first kappa shape index (κ1) is 20.4. The van der Waals surface area contributed by atoms with Crippen molar-refractivity contribution in [2.75, 3.05) is 32.8 Å². The number of rotatable bonds is 8. The minimum atomic E-state index is 0.628. The van der Waals surface area contributed by atoms with E-state index in [0.29, 0.717) is 11.6 Å². The third-order valence-electron chi connectivity index (χ3n) is 4.90. The van der Waals surface area contributed by atoms with Gasteiger partial charge in [0.25, 0.3) is 0 Å². The SMILES string of the molecule is CCOc1ccc2oc(-c3ccc(Cl)cc3)cc(=NCC[NH+](CC)CC)c2c1. The number of hydrogen-bond acceptors (Lipinski definition) is 3. The number of nitrogens with zero attached hydrogens (tertiary/aromatic N) is 1. The van der Waals surface area contributed by atoms with Crippen LogP contribution in [-0.4, -0.2) is 32.8 Å². The molecule has 0 aliphatic carbocycles. The summed E-state index contributed by atoms with van der Waals surface area (Å²) in [6.45, 7) is 11.0. The molecule has 3 aromatic rings. The molecule has 1 aromatic heterocycles. The molecule has 28 heavy (non-hydrogen) atoms. The van der Waals surface area contributed by atoms with Gasteiger partial charge in [0.2, 0.25) is 0 Å². The maximum Gasteiger partial charge on any atom is 0.137 e. The molecule has 0 aliphatic heterocycles. The first-order valence-electron chi connectivity index (χ1n) is 9.95. The Labute approximate surface area is 171 Å². The summed E-state index contributed by atoms with van der Waals surface area (Å²) < 4.78 is 11.8. The second-order valence-electron chi connectivity index (χ2n) is 6.68. The van der Waals surface area contributed by atoms with Crippen molar-refractivity contribution in [3.05, 3.63) is 58.9 Å². The summed E-state index contributed by atoms with van der Waals surface area (Å²) in [5.41, 5.74) is 1.77. The molecule has 0 atom stereocenters. The largest absolute Gasteiger partial charge is 0.494 e. The van der Waals surface area contributed by atoms with Crippen LogP contribution in [0.3, 0.4) is 0 Å². The molecule has 0 saturated heterocycles. The highest BCUT2D eigenvalue weighted by Crippen LogP contribution is 2.25. The predicted octanol–water partition coefficient (Wildman–Crippen LogP) is 3.98. The zero-order chi connectivity index (χ0) is 19.9. The molecule has 148 valence electrons. The van der Waals surface area contributed by atoms with E-state index >= 15 is 0 Å². The van der Waals surface area contributed by atoms with Gasteiger partial charge in [-0.2, -0.15) is 0 Å². The van der Waals surface area contributed by atoms with E-state index in [1.165, 1.54) is 0 Å². The van der Waals surface area contributed by atoms with Crippen LogP contribution in [0.1, 0.15) is 20.8 Å². The molecular formula is C23H28ClN2O2+. The minimum absolute atomic E-state index is 0.628. The highest BCUT2D eigenvalue weighted by atomic mass is 35.5. The van der Waals surface area contributed by atoms with Crippen molar-refractivity contribution < 1.29 is 14.1 Å². The van der Waals surface area contributed by atoms with Gasteiger partial charge in [0, 0.05) is 22.0 Å². The van der Waals surface area contributed by atoms with Crippen LogP contribution in [0.4, 0.5) is 0 Å². The Kier molecular flexibility index (Phi) is 7.12. The van der Waals surface area contributed by atoms with Gasteiger partial charge in [-0.3, -0.25) is 4.99 Å². The van der Waals surface area contributed by atoms with Crippen LogP contribution in [0.2, 0.25) is 5.02 Å². The second-order valence-corrected chi connectivity index (χ2v) is 7.12. The van der Waals surface area contributed by atoms with Gasteiger partial charge in [-0.05, 0) is 63.2 Å². The van der Waals surface area contributed by atoms with Crippen molar-refractivity contribution in [2.45, 2.75) is 20.8 Å². The van der Waals surface area contributed by atoms with Crippen LogP contribution in [-0.2, 0) is 0 Å². The highest BCUT2D eigenvalue weighted by Gasteiger charge is 2.08. The fraction of sp³-hybridized carbons (Fsp3) is 0.348. The number of nitrogens with one attached hydrogen (secondary N) is 1. The van der Waals surface area contributed by atoms with Crippen molar-refractivity contribution in [1.82, 2.24) is 0 Å². The minimum Gasteiger partial charge on any atom is -0.494 e. The van der Waals surface area contributed by atoms with Crippen molar-refractivity contribution >= 4 is 22.6 Å². The van der Waals surface area contributed by atoms with E-state index in [-0.39, 0.29) is 0 Å². The zero-order valence-corrected chi connectivity index (χ0v) is 17.6. The van der Waals surface area contributed by atoms with Crippen LogP contribution in [0.15, 0.2) is 57.9 Å². The van der Waals surface area contributed by atoms with Crippen molar-refractivity contribution in [3.63, 3.8) is 0 Å². The molecule has 3 rings (SSSR count). The van der Waals surface area contributed by atoms with E-state index in [2.05, 4.69) is 13.8 Å². The molecule has 4 nitrogen and oxygen atoms in total. The first-order valence-corrected chi connectivity index (χ1v) is 10.3. The normalized spacial score (nSPS) is 12.1. The Morgan fingerprint density at radius 1 is 1.00 bits per heavy atom. The average molecular weight is 400 g/mol. The molecule has 0 bridgehead atoms. The Morgan fingerprint density at radius 3 is 2.43 bits per heavy atom. The summed E-state index contributed by atoms with van der Waals surface area (Å²) in [6, 6.07) is 15.6. The van der Waals surface area contributed by atoms with Crippen molar-refractivity contribution in [1.29, 1.82) is 0 Å². The smallest absolute Gasteiger partial charge is 0.137 e. The number of quaternary nitrogens is 1. The molecule has 0 aliphatic rings. The monoisotopic (exact) mass is 399 g/mol. The van der Waals surface area contributed by atoms with E-state index in [1.54, 1.807) is 4.90 Å². The molecule has 0 radical (unpaired) electrons. The zero-order valence-electron chi connectivity index (χ0n) is 16.8. The Balaban J connectivity index is 2.07. The predicted molar refractivity (Wildman–Crippen MR) is 115 cm³/mol. The lowest BCUT2D eigenvalue weighted by atomic mass is 10.1. The van der Waals surface area contributed by atoms with Crippen LogP contribution in [0.25, 0.3) is 22.3 Å². The maximum atomic E-state index is 6.17. The third kappa shape index (κ3) is 4.94. The van der Waals surface area contributed by atoms with Gasteiger partial charge < -0.3 is 14.1 Å². The Bertz CT molecular complexity index is 976. The molecule has 0 saturated carbocycles. The number of halogens is 1. The van der Waals surface area contributed by atoms with Gasteiger partial charge in [-0.1, -0.05) is 11.6 Å². The maximum absolute atomic E-state index is 6.17. The van der Waals surface area contributed by atoms with Gasteiger partial charge in [-0.15, -0.1) is 0 Å². The van der Waals surface area contributed by atoms with E-state index in [9.17, 15) is 0 Å². The van der Waals surface area contributed by atoms with E-state index in [0.717, 1.165) is 59.6 Å². The summed E-state index contributed by atoms with van der Waals surface area (Å²) in [5, 5.41) is 2.61. The second kappa shape index (κ2) is 9.76. The van der Waals surface area contributed by atoms with E-state index < -0.39 is 0 Å².